The molecule has 0 radical (unpaired) electrons. The number of piperidine rings is 1. The average Bonchev–Trinajstić information content (AvgIpc) is 3.64. The van der Waals surface area contributed by atoms with E-state index in [4.69, 9.17) is 19.2 Å². The number of anilines is 2. The molecule has 3 heterocycles. The maximum atomic E-state index is 13.4. The van der Waals surface area contributed by atoms with E-state index in [1.54, 1.807) is 18.1 Å². The summed E-state index contributed by atoms with van der Waals surface area (Å²) in [6.45, 7) is 6.87. The molecule has 7 rings (SSSR count). The number of rotatable bonds is 20. The number of benzene rings is 4. The normalized spacial score (nSPS) is 15.2. The van der Waals surface area contributed by atoms with E-state index in [1.165, 1.54) is 0 Å². The largest absolute Gasteiger partial charge is 0.493 e. The van der Waals surface area contributed by atoms with Crippen molar-refractivity contribution >= 4 is 41.3 Å². The predicted octanol–water partition coefficient (Wildman–Crippen LogP) is 7.21. The Morgan fingerprint density at radius 1 is 0.938 bits per heavy atom. The Morgan fingerprint density at radius 3 is 2.46 bits per heavy atom. The van der Waals surface area contributed by atoms with E-state index in [0.29, 0.717) is 67.4 Å². The Bertz CT molecular complexity index is 2560. The fourth-order valence-corrected chi connectivity index (χ4v) is 8.35. The third-order valence-corrected chi connectivity index (χ3v) is 11.8. The van der Waals surface area contributed by atoms with Crippen LogP contribution in [0.1, 0.15) is 67.9 Å². The Morgan fingerprint density at radius 2 is 1.71 bits per heavy atom. The van der Waals surface area contributed by atoms with Crippen LogP contribution in [0.3, 0.4) is 0 Å². The second-order valence-corrected chi connectivity index (χ2v) is 16.9. The molecule has 1 aromatic heterocycles. The van der Waals surface area contributed by atoms with Crippen molar-refractivity contribution in [2.75, 3.05) is 44.5 Å². The molecule has 2 atom stereocenters. The number of pyridine rings is 1. The van der Waals surface area contributed by atoms with Crippen LogP contribution >= 0.6 is 0 Å². The van der Waals surface area contributed by atoms with Gasteiger partial charge in [-0.3, -0.25) is 24.5 Å². The number of hydrogen-bond donors (Lipinski definition) is 4. The summed E-state index contributed by atoms with van der Waals surface area (Å²) in [6.07, 6.45) is 2.64. The number of ether oxygens (including phenoxy) is 3. The van der Waals surface area contributed by atoms with Gasteiger partial charge in [-0.1, -0.05) is 66.7 Å². The molecule has 2 aliphatic heterocycles. The summed E-state index contributed by atoms with van der Waals surface area (Å²) in [7, 11) is 3.40. The number of amides is 4. The fourth-order valence-electron chi connectivity index (χ4n) is 8.35. The maximum Gasteiger partial charge on any atom is 0.258 e. The Labute approximate surface area is 379 Å². The van der Waals surface area contributed by atoms with Gasteiger partial charge >= 0.3 is 0 Å². The van der Waals surface area contributed by atoms with Gasteiger partial charge in [0.15, 0.2) is 18.1 Å². The molecule has 0 bridgehead atoms. The van der Waals surface area contributed by atoms with E-state index in [0.717, 1.165) is 51.0 Å². The van der Waals surface area contributed by atoms with E-state index in [2.05, 4.69) is 21.3 Å². The van der Waals surface area contributed by atoms with Gasteiger partial charge in [0.25, 0.3) is 11.8 Å². The Hall–Kier alpha value is -7.06. The fraction of sp³-hybridized carbons (Fsp3) is 0.333. The average molecular weight is 881 g/mol. The van der Waals surface area contributed by atoms with Crippen LogP contribution in [0.25, 0.3) is 33.6 Å². The van der Waals surface area contributed by atoms with Crippen LogP contribution < -0.4 is 30.7 Å². The minimum Gasteiger partial charge on any atom is -0.493 e. The second kappa shape index (κ2) is 20.6. The monoisotopic (exact) mass is 880 g/mol. The number of nitrogens with zero attached hydrogens (tertiary/aromatic N) is 2. The molecule has 14 heteroatoms. The second-order valence-electron chi connectivity index (χ2n) is 16.9. The van der Waals surface area contributed by atoms with Crippen LogP contribution in [0, 0.1) is 0 Å². The summed E-state index contributed by atoms with van der Waals surface area (Å²) >= 11 is 0. The van der Waals surface area contributed by atoms with Gasteiger partial charge in [-0.05, 0) is 92.6 Å². The number of imide groups is 1. The molecule has 2 unspecified atom stereocenters. The molecule has 338 valence electrons. The number of fused-ring (bicyclic) bond motifs is 1. The quantitative estimate of drug-likeness (QED) is 0.0459. The topological polar surface area (TPSA) is 177 Å². The van der Waals surface area contributed by atoms with Gasteiger partial charge in [0.2, 0.25) is 11.8 Å². The molecule has 4 N–H and O–H groups in total. The van der Waals surface area contributed by atoms with E-state index in [-0.39, 0.29) is 43.3 Å². The zero-order valence-electron chi connectivity index (χ0n) is 37.5. The maximum absolute atomic E-state index is 13.4. The van der Waals surface area contributed by atoms with Crippen molar-refractivity contribution < 1.29 is 38.2 Å². The number of aldehydes is 1. The van der Waals surface area contributed by atoms with Crippen molar-refractivity contribution in [1.29, 1.82) is 0 Å². The number of carbonyl (C=O) groups excluding carboxylic acids is 5. The highest BCUT2D eigenvalue weighted by Gasteiger charge is 2.40. The number of para-hydroxylation sites is 1. The summed E-state index contributed by atoms with van der Waals surface area (Å²) in [5.74, 6) is -0.460. The molecular formula is C51H56N6O8. The Balaban J connectivity index is 0.931. The van der Waals surface area contributed by atoms with E-state index in [9.17, 15) is 24.0 Å². The molecule has 14 nitrogen and oxygen atoms in total. The summed E-state index contributed by atoms with van der Waals surface area (Å²) in [5, 5.41) is 12.0. The van der Waals surface area contributed by atoms with Gasteiger partial charge in [-0.25, -0.2) is 4.98 Å². The van der Waals surface area contributed by atoms with E-state index >= 15 is 0 Å². The van der Waals surface area contributed by atoms with Crippen LogP contribution in [-0.4, -0.2) is 91.4 Å². The number of aromatic nitrogens is 1. The molecule has 4 amide bonds. The van der Waals surface area contributed by atoms with Crippen molar-refractivity contribution in [2.24, 2.45) is 0 Å². The number of methoxy groups -OCH3 is 1. The molecule has 1 saturated heterocycles. The lowest BCUT2D eigenvalue weighted by Crippen LogP contribution is -2.52. The lowest BCUT2D eigenvalue weighted by atomic mass is 9.91. The molecule has 2 aliphatic rings. The van der Waals surface area contributed by atoms with Crippen LogP contribution in [0.15, 0.2) is 97.1 Å². The standard InChI is InChI=1S/C51H56N6O8/c1-32(22-25-53-40-17-11-14-35-30-57(50(62)47(35)40)42-19-21-45(59)55-49(42)61)64-27-24-51(2,3)56-46(60)31-65-43-20-18-34(28-44(43)63-5)38-29-41(33-12-7-6-8-13-33)54-48(36(38)23-26-58)37-15-9-10-16-39(37)52-4/h6-18,20,26,28-29,32,42,52-53H,19,21-25,27,30-31H2,1-5H3,(H,56,60)(H,55,59,61). The van der Waals surface area contributed by atoms with Crippen LogP contribution in [0.2, 0.25) is 0 Å². The third-order valence-electron chi connectivity index (χ3n) is 11.8. The first kappa shape index (κ1) is 45.9. The lowest BCUT2D eigenvalue weighted by molar-refractivity contribution is -0.137. The zero-order chi connectivity index (χ0) is 46.1. The highest BCUT2D eigenvalue weighted by molar-refractivity contribution is 6.07. The molecular weight excluding hydrogens is 825 g/mol. The summed E-state index contributed by atoms with van der Waals surface area (Å²) in [4.78, 5) is 69.6. The summed E-state index contributed by atoms with van der Waals surface area (Å²) in [5.41, 5.74) is 8.00. The smallest absolute Gasteiger partial charge is 0.258 e. The number of carbonyl (C=O) groups is 5. The molecule has 0 spiro atoms. The minimum absolute atomic E-state index is 0.109. The molecule has 4 aromatic carbocycles. The molecule has 0 aliphatic carbocycles. The number of nitrogens with one attached hydrogen (secondary N) is 4. The van der Waals surface area contributed by atoms with Gasteiger partial charge in [0, 0.05) is 67.6 Å². The first-order valence-corrected chi connectivity index (χ1v) is 21.9. The van der Waals surface area contributed by atoms with Crippen LogP contribution in [-0.2, 0) is 36.9 Å². The van der Waals surface area contributed by atoms with Crippen molar-refractivity contribution in [3.8, 4) is 45.1 Å². The predicted molar refractivity (Wildman–Crippen MR) is 250 cm³/mol. The zero-order valence-corrected chi connectivity index (χ0v) is 37.5. The van der Waals surface area contributed by atoms with Crippen LogP contribution in [0.4, 0.5) is 11.4 Å². The third kappa shape index (κ3) is 10.8. The Kier molecular flexibility index (Phi) is 14.6. The van der Waals surface area contributed by atoms with Crippen molar-refractivity contribution in [1.82, 2.24) is 20.5 Å². The van der Waals surface area contributed by atoms with Gasteiger partial charge in [-0.2, -0.15) is 0 Å². The van der Waals surface area contributed by atoms with Crippen molar-refractivity contribution in [3.05, 3.63) is 114 Å². The minimum atomic E-state index is -0.669. The highest BCUT2D eigenvalue weighted by Crippen LogP contribution is 2.40. The first-order valence-electron chi connectivity index (χ1n) is 21.9. The van der Waals surface area contributed by atoms with Gasteiger partial charge in [0.05, 0.1) is 30.2 Å². The highest BCUT2D eigenvalue weighted by atomic mass is 16.5. The molecule has 1 fully saturated rings. The summed E-state index contributed by atoms with van der Waals surface area (Å²) < 4.78 is 17.9. The van der Waals surface area contributed by atoms with Crippen molar-refractivity contribution in [3.63, 3.8) is 0 Å². The SMILES string of the molecule is CNc1ccccc1-c1nc(-c2ccccc2)cc(-c2ccc(OCC(=O)NC(C)(C)CCOC(C)CCNc3cccc4c3C(=O)N(C3CCC(=O)NC3=O)C4)c(OC)c2)c1CC=O. The van der Waals surface area contributed by atoms with E-state index in [1.807, 2.05) is 119 Å². The van der Waals surface area contributed by atoms with Gasteiger partial charge < -0.3 is 39.9 Å². The van der Waals surface area contributed by atoms with Gasteiger partial charge in [0.1, 0.15) is 12.3 Å². The molecule has 0 saturated carbocycles. The van der Waals surface area contributed by atoms with E-state index < -0.39 is 17.5 Å². The van der Waals surface area contributed by atoms with Crippen molar-refractivity contribution in [2.45, 2.75) is 77.1 Å². The van der Waals surface area contributed by atoms with Gasteiger partial charge in [-0.15, -0.1) is 0 Å². The molecule has 5 aromatic rings. The van der Waals surface area contributed by atoms with Crippen LogP contribution in [0.5, 0.6) is 11.5 Å². The molecule has 65 heavy (non-hydrogen) atoms. The lowest BCUT2D eigenvalue weighted by Gasteiger charge is -2.29. The first-order chi connectivity index (χ1) is 31.4. The number of hydrogen-bond acceptors (Lipinski definition) is 11. The summed E-state index contributed by atoms with van der Waals surface area (Å²) in [6, 6.07) is 30.2.